The van der Waals surface area contributed by atoms with E-state index in [4.69, 9.17) is 0 Å². The van der Waals surface area contributed by atoms with E-state index in [0.29, 0.717) is 30.9 Å². The van der Waals surface area contributed by atoms with Gasteiger partial charge in [-0.1, -0.05) is 13.8 Å². The smallest absolute Gasteiger partial charge is 0.331 e. The van der Waals surface area contributed by atoms with E-state index < -0.39 is 11.5 Å². The Morgan fingerprint density at radius 1 is 1.33 bits per heavy atom. The number of carboxylic acid groups (broad SMARTS) is 1. The Balaban J connectivity index is 1.74. The zero-order valence-corrected chi connectivity index (χ0v) is 14.5. The number of carbonyl (C=O) groups excluding carboxylic acids is 1. The van der Waals surface area contributed by atoms with Gasteiger partial charge >= 0.3 is 5.97 Å². The Hall–Kier alpha value is -2.22. The maximum absolute atomic E-state index is 12.6. The predicted molar refractivity (Wildman–Crippen MR) is 89.2 cm³/mol. The highest BCUT2D eigenvalue weighted by atomic mass is 32.1. The van der Waals surface area contributed by atoms with Crippen LogP contribution in [0.2, 0.25) is 0 Å². The first-order valence-corrected chi connectivity index (χ1v) is 8.80. The molecule has 3 rings (SSSR count). The number of piperidine rings is 1. The summed E-state index contributed by atoms with van der Waals surface area (Å²) in [6.45, 7) is 4.83. The van der Waals surface area contributed by atoms with Crippen molar-refractivity contribution in [3.05, 3.63) is 34.5 Å². The summed E-state index contributed by atoms with van der Waals surface area (Å²) in [5, 5.41) is 16.2. The lowest BCUT2D eigenvalue weighted by atomic mass is 9.87. The molecule has 3 heterocycles. The number of rotatable bonds is 4. The first kappa shape index (κ1) is 16.6. The second-order valence-corrected chi connectivity index (χ2v) is 7.17. The minimum atomic E-state index is -1.08. The lowest BCUT2D eigenvalue weighted by Gasteiger charge is -2.38. The van der Waals surface area contributed by atoms with Crippen LogP contribution in [-0.2, 0) is 10.3 Å². The minimum absolute atomic E-state index is 0.119. The molecule has 2 aromatic heterocycles. The van der Waals surface area contributed by atoms with Crippen LogP contribution in [0.5, 0.6) is 0 Å². The third kappa shape index (κ3) is 2.82. The molecular weight excluding hydrogens is 328 g/mol. The summed E-state index contributed by atoms with van der Waals surface area (Å²) in [6.07, 6.45) is 3.91. The molecule has 1 N–H and O–H groups in total. The van der Waals surface area contributed by atoms with Gasteiger partial charge in [-0.2, -0.15) is 5.10 Å². The summed E-state index contributed by atoms with van der Waals surface area (Å²) in [5.41, 5.74) is -0.163. The Morgan fingerprint density at radius 2 is 2.04 bits per heavy atom. The number of carboxylic acids is 1. The SMILES string of the molecule is CC(C)c1csc(C(=O)N2CCC(C(=O)O)(n3cccn3)CC2)n1. The number of hydrogen-bond donors (Lipinski definition) is 1. The van der Waals surface area contributed by atoms with Gasteiger partial charge in [0.05, 0.1) is 5.69 Å². The topological polar surface area (TPSA) is 88.3 Å². The Morgan fingerprint density at radius 3 is 2.54 bits per heavy atom. The van der Waals surface area contributed by atoms with E-state index in [1.54, 1.807) is 23.4 Å². The number of thiazole rings is 1. The van der Waals surface area contributed by atoms with Crippen molar-refractivity contribution in [1.29, 1.82) is 0 Å². The van der Waals surface area contributed by atoms with Crippen LogP contribution >= 0.6 is 11.3 Å². The van der Waals surface area contributed by atoms with Crippen LogP contribution in [0.25, 0.3) is 0 Å². The van der Waals surface area contributed by atoms with E-state index >= 15 is 0 Å². The molecule has 0 bridgehead atoms. The van der Waals surface area contributed by atoms with E-state index in [1.165, 1.54) is 16.0 Å². The lowest BCUT2D eigenvalue weighted by Crippen LogP contribution is -2.52. The quantitative estimate of drug-likeness (QED) is 0.915. The summed E-state index contributed by atoms with van der Waals surface area (Å²) in [4.78, 5) is 30.5. The molecule has 1 fully saturated rings. The van der Waals surface area contributed by atoms with Crippen LogP contribution in [0, 0.1) is 0 Å². The third-order valence-electron chi connectivity index (χ3n) is 4.52. The van der Waals surface area contributed by atoms with E-state index in [2.05, 4.69) is 10.1 Å². The number of aliphatic carboxylic acids is 1. The number of nitrogens with zero attached hydrogens (tertiary/aromatic N) is 4. The van der Waals surface area contributed by atoms with Gasteiger partial charge in [-0.3, -0.25) is 9.48 Å². The monoisotopic (exact) mass is 348 g/mol. The van der Waals surface area contributed by atoms with Gasteiger partial charge in [-0.05, 0) is 12.0 Å². The lowest BCUT2D eigenvalue weighted by molar-refractivity contribution is -0.150. The second kappa shape index (κ2) is 6.35. The van der Waals surface area contributed by atoms with Crippen molar-refractivity contribution in [2.45, 2.75) is 38.1 Å². The average Bonchev–Trinajstić information content (AvgIpc) is 3.25. The average molecular weight is 348 g/mol. The number of hydrogen-bond acceptors (Lipinski definition) is 5. The second-order valence-electron chi connectivity index (χ2n) is 6.31. The summed E-state index contributed by atoms with van der Waals surface area (Å²) in [5.74, 6) is -0.746. The highest BCUT2D eigenvalue weighted by Gasteiger charge is 2.45. The highest BCUT2D eigenvalue weighted by molar-refractivity contribution is 7.11. The van der Waals surface area contributed by atoms with Crippen molar-refractivity contribution < 1.29 is 14.7 Å². The van der Waals surface area contributed by atoms with Crippen LogP contribution in [0.4, 0.5) is 0 Å². The zero-order chi connectivity index (χ0) is 17.3. The number of amides is 1. The standard InChI is InChI=1S/C16H20N4O3S/c1-11(2)12-10-24-13(18-12)14(21)19-8-4-16(5-9-19,15(22)23)20-7-3-6-17-20/h3,6-7,10-11H,4-5,8-9H2,1-2H3,(H,22,23). The molecule has 0 aliphatic carbocycles. The van der Waals surface area contributed by atoms with Crippen LogP contribution in [0.15, 0.2) is 23.8 Å². The molecular formula is C16H20N4O3S. The molecule has 7 nitrogen and oxygen atoms in total. The fourth-order valence-electron chi connectivity index (χ4n) is 2.93. The molecule has 1 saturated heterocycles. The van der Waals surface area contributed by atoms with Crippen LogP contribution in [0.3, 0.4) is 0 Å². The summed E-state index contributed by atoms with van der Waals surface area (Å²) in [6, 6.07) is 1.71. The van der Waals surface area contributed by atoms with Gasteiger partial charge in [0.1, 0.15) is 0 Å². The maximum Gasteiger partial charge on any atom is 0.331 e. The summed E-state index contributed by atoms with van der Waals surface area (Å²) >= 11 is 1.35. The molecule has 0 spiro atoms. The van der Waals surface area contributed by atoms with Gasteiger partial charge in [-0.15, -0.1) is 11.3 Å². The van der Waals surface area contributed by atoms with E-state index in [1.807, 2.05) is 19.2 Å². The molecule has 24 heavy (non-hydrogen) atoms. The molecule has 0 atom stereocenters. The van der Waals surface area contributed by atoms with Crippen LogP contribution in [0.1, 0.15) is 48.1 Å². The van der Waals surface area contributed by atoms with E-state index in [9.17, 15) is 14.7 Å². The van der Waals surface area contributed by atoms with Crippen molar-refractivity contribution in [3.8, 4) is 0 Å². The molecule has 8 heteroatoms. The van der Waals surface area contributed by atoms with E-state index in [0.717, 1.165) is 5.69 Å². The molecule has 1 aliphatic rings. The Bertz CT molecular complexity index is 730. The van der Waals surface area contributed by atoms with E-state index in [-0.39, 0.29) is 11.8 Å². The number of likely N-dealkylation sites (tertiary alicyclic amines) is 1. The summed E-state index contributed by atoms with van der Waals surface area (Å²) < 4.78 is 1.50. The van der Waals surface area contributed by atoms with Crippen molar-refractivity contribution in [2.75, 3.05) is 13.1 Å². The predicted octanol–water partition coefficient (Wildman–Crippen LogP) is 2.18. The van der Waals surface area contributed by atoms with Gasteiger partial charge in [-0.25, -0.2) is 9.78 Å². The number of carbonyl (C=O) groups is 2. The first-order chi connectivity index (χ1) is 11.4. The largest absolute Gasteiger partial charge is 0.479 e. The fourth-order valence-corrected chi connectivity index (χ4v) is 3.87. The molecule has 0 saturated carbocycles. The van der Waals surface area contributed by atoms with Gasteiger partial charge in [0.2, 0.25) is 0 Å². The minimum Gasteiger partial charge on any atom is -0.479 e. The Labute approximate surface area is 143 Å². The molecule has 1 aliphatic heterocycles. The maximum atomic E-state index is 12.6. The molecule has 0 aromatic carbocycles. The van der Waals surface area contributed by atoms with Crippen molar-refractivity contribution in [3.63, 3.8) is 0 Å². The first-order valence-electron chi connectivity index (χ1n) is 7.92. The van der Waals surface area contributed by atoms with Gasteiger partial charge in [0.25, 0.3) is 5.91 Å². The summed E-state index contributed by atoms with van der Waals surface area (Å²) in [7, 11) is 0. The molecule has 128 valence electrons. The normalized spacial score (nSPS) is 17.2. The molecule has 1 amide bonds. The molecule has 0 unspecified atom stereocenters. The van der Waals surface area contributed by atoms with Gasteiger partial charge < -0.3 is 10.0 Å². The van der Waals surface area contributed by atoms with Gasteiger partial charge in [0.15, 0.2) is 10.5 Å². The fraction of sp³-hybridized carbons (Fsp3) is 0.500. The van der Waals surface area contributed by atoms with Crippen molar-refractivity contribution in [2.24, 2.45) is 0 Å². The van der Waals surface area contributed by atoms with Crippen LogP contribution in [-0.4, -0.2) is 49.7 Å². The highest BCUT2D eigenvalue weighted by Crippen LogP contribution is 2.31. The molecule has 0 radical (unpaired) electrons. The van der Waals surface area contributed by atoms with Crippen molar-refractivity contribution >= 4 is 23.2 Å². The molecule has 2 aromatic rings. The third-order valence-corrected chi connectivity index (χ3v) is 5.36. The Kier molecular flexibility index (Phi) is 4.40. The number of aromatic nitrogens is 3. The van der Waals surface area contributed by atoms with Crippen LogP contribution < -0.4 is 0 Å². The van der Waals surface area contributed by atoms with Gasteiger partial charge in [0, 0.05) is 43.7 Å². The van der Waals surface area contributed by atoms with Crippen molar-refractivity contribution in [1.82, 2.24) is 19.7 Å². The zero-order valence-electron chi connectivity index (χ0n) is 13.7.